The second-order valence-electron chi connectivity index (χ2n) is 3.35. The molecule has 0 saturated heterocycles. The fraction of sp³-hybridized carbons (Fsp3) is 0.167. The third kappa shape index (κ3) is 2.22. The molecule has 0 fully saturated rings. The largest absolute Gasteiger partial charge is 0.472 e. The lowest BCUT2D eigenvalue weighted by Gasteiger charge is -2.12. The van der Waals surface area contributed by atoms with Crippen molar-refractivity contribution in [1.29, 1.82) is 0 Å². The number of halogens is 1. The standard InChI is InChI=1S/C12H11ClO2/c13-11-3-1-2-9(6-11)12(7-14)10-4-5-15-8-10/h1-6,8,12,14H,7H2. The van der Waals surface area contributed by atoms with E-state index in [4.69, 9.17) is 16.0 Å². The molecule has 78 valence electrons. The first-order chi connectivity index (χ1) is 7.31. The van der Waals surface area contributed by atoms with Gasteiger partial charge in [0, 0.05) is 16.5 Å². The molecule has 0 amide bonds. The Balaban J connectivity index is 2.35. The van der Waals surface area contributed by atoms with Crippen LogP contribution in [0.4, 0.5) is 0 Å². The van der Waals surface area contributed by atoms with Crippen molar-refractivity contribution < 1.29 is 9.52 Å². The van der Waals surface area contributed by atoms with Crippen LogP contribution in [0.5, 0.6) is 0 Å². The van der Waals surface area contributed by atoms with Gasteiger partial charge in [-0.1, -0.05) is 23.7 Å². The Hall–Kier alpha value is -1.25. The summed E-state index contributed by atoms with van der Waals surface area (Å²) in [5.41, 5.74) is 1.95. The van der Waals surface area contributed by atoms with Crippen LogP contribution in [-0.4, -0.2) is 11.7 Å². The summed E-state index contributed by atoms with van der Waals surface area (Å²) in [6.45, 7) is 0.0415. The van der Waals surface area contributed by atoms with Gasteiger partial charge in [0.05, 0.1) is 19.1 Å². The molecular formula is C12H11ClO2. The van der Waals surface area contributed by atoms with Crippen molar-refractivity contribution in [3.8, 4) is 0 Å². The van der Waals surface area contributed by atoms with Crippen LogP contribution in [0.3, 0.4) is 0 Å². The van der Waals surface area contributed by atoms with Crippen LogP contribution in [0.25, 0.3) is 0 Å². The molecule has 1 aromatic heterocycles. The first-order valence-electron chi connectivity index (χ1n) is 4.69. The molecule has 0 spiro atoms. The molecule has 0 bridgehead atoms. The summed E-state index contributed by atoms with van der Waals surface area (Å²) in [7, 11) is 0. The maximum atomic E-state index is 9.36. The summed E-state index contributed by atoms with van der Waals surface area (Å²) in [4.78, 5) is 0. The minimum Gasteiger partial charge on any atom is -0.472 e. The molecule has 1 N–H and O–H groups in total. The van der Waals surface area contributed by atoms with Gasteiger partial charge >= 0.3 is 0 Å². The van der Waals surface area contributed by atoms with E-state index in [1.165, 1.54) is 0 Å². The van der Waals surface area contributed by atoms with E-state index in [0.29, 0.717) is 5.02 Å². The molecule has 0 radical (unpaired) electrons. The third-order valence-corrected chi connectivity index (χ3v) is 2.61. The molecule has 1 unspecified atom stereocenters. The second-order valence-corrected chi connectivity index (χ2v) is 3.78. The zero-order valence-corrected chi connectivity index (χ0v) is 8.82. The Kier molecular flexibility index (Phi) is 3.09. The normalized spacial score (nSPS) is 12.7. The highest BCUT2D eigenvalue weighted by atomic mass is 35.5. The molecular weight excluding hydrogens is 212 g/mol. The lowest BCUT2D eigenvalue weighted by Crippen LogP contribution is -2.04. The molecule has 0 aliphatic carbocycles. The molecule has 15 heavy (non-hydrogen) atoms. The van der Waals surface area contributed by atoms with Crippen molar-refractivity contribution in [2.24, 2.45) is 0 Å². The highest BCUT2D eigenvalue weighted by molar-refractivity contribution is 6.30. The Labute approximate surface area is 93.1 Å². The van der Waals surface area contributed by atoms with E-state index in [0.717, 1.165) is 11.1 Å². The van der Waals surface area contributed by atoms with Crippen LogP contribution in [0.2, 0.25) is 5.02 Å². The Morgan fingerprint density at radius 3 is 2.73 bits per heavy atom. The van der Waals surface area contributed by atoms with Gasteiger partial charge in [-0.05, 0) is 23.8 Å². The third-order valence-electron chi connectivity index (χ3n) is 2.38. The van der Waals surface area contributed by atoms with Gasteiger partial charge in [-0.3, -0.25) is 0 Å². The topological polar surface area (TPSA) is 33.4 Å². The predicted molar refractivity (Wildman–Crippen MR) is 59.1 cm³/mol. The van der Waals surface area contributed by atoms with E-state index >= 15 is 0 Å². The van der Waals surface area contributed by atoms with E-state index in [1.807, 2.05) is 30.3 Å². The SMILES string of the molecule is OCC(c1ccoc1)c1cccc(Cl)c1. The number of hydrogen-bond acceptors (Lipinski definition) is 2. The first-order valence-corrected chi connectivity index (χ1v) is 5.07. The molecule has 0 aliphatic heterocycles. The first kappa shape index (κ1) is 10.3. The van der Waals surface area contributed by atoms with E-state index in [-0.39, 0.29) is 12.5 Å². The molecule has 1 atom stereocenters. The van der Waals surface area contributed by atoms with Crippen molar-refractivity contribution in [3.63, 3.8) is 0 Å². The fourth-order valence-electron chi connectivity index (χ4n) is 1.60. The number of rotatable bonds is 3. The molecule has 3 heteroatoms. The van der Waals surface area contributed by atoms with Crippen LogP contribution in [0, 0.1) is 0 Å². The molecule has 0 aliphatic rings. The van der Waals surface area contributed by atoms with Crippen LogP contribution in [0.15, 0.2) is 47.3 Å². The predicted octanol–water partition coefficient (Wildman–Crippen LogP) is 3.06. The van der Waals surface area contributed by atoms with Crippen molar-refractivity contribution >= 4 is 11.6 Å². The van der Waals surface area contributed by atoms with Gasteiger partial charge in [-0.15, -0.1) is 0 Å². The monoisotopic (exact) mass is 222 g/mol. The van der Waals surface area contributed by atoms with Gasteiger partial charge in [0.15, 0.2) is 0 Å². The highest BCUT2D eigenvalue weighted by Crippen LogP contribution is 2.26. The Bertz CT molecular complexity index is 423. The molecule has 2 aromatic rings. The van der Waals surface area contributed by atoms with Crippen LogP contribution in [0.1, 0.15) is 17.0 Å². The minimum absolute atomic E-state index is 0.0415. The average Bonchev–Trinajstić information content (AvgIpc) is 2.72. The maximum absolute atomic E-state index is 9.36. The number of aliphatic hydroxyl groups is 1. The van der Waals surface area contributed by atoms with Crippen molar-refractivity contribution in [2.45, 2.75) is 5.92 Å². The smallest absolute Gasteiger partial charge is 0.0941 e. The van der Waals surface area contributed by atoms with E-state index < -0.39 is 0 Å². The fourth-order valence-corrected chi connectivity index (χ4v) is 1.80. The maximum Gasteiger partial charge on any atom is 0.0941 e. The zero-order valence-electron chi connectivity index (χ0n) is 8.06. The summed E-state index contributed by atoms with van der Waals surface area (Å²) in [6, 6.07) is 9.34. The molecule has 0 saturated carbocycles. The summed E-state index contributed by atoms with van der Waals surface area (Å²) in [6.07, 6.45) is 3.24. The van der Waals surface area contributed by atoms with E-state index in [1.54, 1.807) is 12.5 Å². The van der Waals surface area contributed by atoms with E-state index in [2.05, 4.69) is 0 Å². The van der Waals surface area contributed by atoms with Crippen molar-refractivity contribution in [2.75, 3.05) is 6.61 Å². The zero-order chi connectivity index (χ0) is 10.7. The molecule has 1 heterocycles. The Morgan fingerprint density at radius 2 is 2.13 bits per heavy atom. The van der Waals surface area contributed by atoms with Crippen LogP contribution < -0.4 is 0 Å². The van der Waals surface area contributed by atoms with Gasteiger partial charge in [0.25, 0.3) is 0 Å². The van der Waals surface area contributed by atoms with Gasteiger partial charge in [0.2, 0.25) is 0 Å². The summed E-state index contributed by atoms with van der Waals surface area (Å²) in [5.74, 6) is -0.0672. The molecule has 2 nitrogen and oxygen atoms in total. The molecule has 1 aromatic carbocycles. The van der Waals surface area contributed by atoms with Gasteiger partial charge in [0.1, 0.15) is 0 Å². The van der Waals surface area contributed by atoms with Gasteiger partial charge < -0.3 is 9.52 Å². The Morgan fingerprint density at radius 1 is 1.27 bits per heavy atom. The summed E-state index contributed by atoms with van der Waals surface area (Å²) < 4.78 is 5.00. The minimum atomic E-state index is -0.0672. The highest BCUT2D eigenvalue weighted by Gasteiger charge is 2.14. The van der Waals surface area contributed by atoms with Crippen LogP contribution >= 0.6 is 11.6 Å². The van der Waals surface area contributed by atoms with Gasteiger partial charge in [-0.25, -0.2) is 0 Å². The second kappa shape index (κ2) is 4.51. The number of furan rings is 1. The van der Waals surface area contributed by atoms with Crippen molar-refractivity contribution in [1.82, 2.24) is 0 Å². The summed E-state index contributed by atoms with van der Waals surface area (Å²) in [5, 5.41) is 10.0. The number of aliphatic hydroxyl groups excluding tert-OH is 1. The molecule has 2 rings (SSSR count). The lowest BCUT2D eigenvalue weighted by molar-refractivity contribution is 0.280. The van der Waals surface area contributed by atoms with Crippen molar-refractivity contribution in [3.05, 3.63) is 59.0 Å². The van der Waals surface area contributed by atoms with Crippen LogP contribution in [-0.2, 0) is 0 Å². The quantitative estimate of drug-likeness (QED) is 0.866. The number of hydrogen-bond donors (Lipinski definition) is 1. The summed E-state index contributed by atoms with van der Waals surface area (Å²) >= 11 is 5.90. The average molecular weight is 223 g/mol. The van der Waals surface area contributed by atoms with E-state index in [9.17, 15) is 5.11 Å². The lowest BCUT2D eigenvalue weighted by atomic mass is 9.94. The van der Waals surface area contributed by atoms with Gasteiger partial charge in [-0.2, -0.15) is 0 Å². The number of benzene rings is 1.